The smallest absolute Gasteiger partial charge is 0.216 e. The van der Waals surface area contributed by atoms with Crippen LogP contribution in [0.4, 0.5) is 0 Å². The van der Waals surface area contributed by atoms with Crippen LogP contribution < -0.4 is 10.6 Å². The molecular weight excluding hydrogens is 328 g/mol. The van der Waals surface area contributed by atoms with Crippen LogP contribution in [0.3, 0.4) is 0 Å². The predicted octanol–water partition coefficient (Wildman–Crippen LogP) is 3.13. The first-order valence-electron chi connectivity index (χ1n) is 9.70. The first-order valence-corrected chi connectivity index (χ1v) is 9.70. The molecule has 142 valence electrons. The van der Waals surface area contributed by atoms with Crippen LogP contribution in [0.5, 0.6) is 0 Å². The van der Waals surface area contributed by atoms with E-state index in [2.05, 4.69) is 37.7 Å². The highest BCUT2D eigenvalue weighted by molar-refractivity contribution is 5.79. The van der Waals surface area contributed by atoms with Gasteiger partial charge in [0.05, 0.1) is 6.26 Å². The molecule has 2 aromatic rings. The minimum atomic E-state index is 0.533. The lowest BCUT2D eigenvalue weighted by molar-refractivity contribution is 0.295. The summed E-state index contributed by atoms with van der Waals surface area (Å²) in [4.78, 5) is 8.80. The van der Waals surface area contributed by atoms with Crippen LogP contribution in [0.15, 0.2) is 27.8 Å². The van der Waals surface area contributed by atoms with Crippen LogP contribution in [0, 0.1) is 5.92 Å². The first-order chi connectivity index (χ1) is 12.8. The average molecular weight is 358 g/mol. The van der Waals surface area contributed by atoms with E-state index in [4.69, 9.17) is 4.42 Å². The Morgan fingerprint density at radius 1 is 1.35 bits per heavy atom. The molecule has 0 aliphatic heterocycles. The fourth-order valence-corrected chi connectivity index (χ4v) is 3.61. The van der Waals surface area contributed by atoms with Crippen molar-refractivity contribution in [1.82, 2.24) is 25.8 Å². The molecule has 0 saturated heterocycles. The number of hydrogen-bond donors (Lipinski definition) is 3. The minimum Gasteiger partial charge on any atom is -0.461 e. The van der Waals surface area contributed by atoms with Crippen LogP contribution in [-0.2, 0) is 6.42 Å². The Hall–Kier alpha value is -2.31. The number of hydrogen-bond acceptors (Lipinski definition) is 4. The van der Waals surface area contributed by atoms with Crippen LogP contribution in [0.1, 0.15) is 51.3 Å². The van der Waals surface area contributed by atoms with Gasteiger partial charge in [-0.1, -0.05) is 19.8 Å². The fraction of sp³-hybridized carbons (Fsp3) is 0.632. The lowest BCUT2D eigenvalue weighted by atomic mass is 9.83. The molecule has 7 nitrogen and oxygen atoms in total. The second-order valence-corrected chi connectivity index (χ2v) is 6.98. The highest BCUT2D eigenvalue weighted by Gasteiger charge is 2.21. The van der Waals surface area contributed by atoms with E-state index in [0.29, 0.717) is 17.6 Å². The highest BCUT2D eigenvalue weighted by atomic mass is 16.3. The number of nitrogens with one attached hydrogen (secondary N) is 3. The number of guanidine groups is 1. The van der Waals surface area contributed by atoms with Crippen molar-refractivity contribution in [3.05, 3.63) is 24.2 Å². The Morgan fingerprint density at radius 2 is 2.19 bits per heavy atom. The van der Waals surface area contributed by atoms with Crippen LogP contribution in [0.2, 0.25) is 0 Å². The summed E-state index contributed by atoms with van der Waals surface area (Å²) in [5, 5.41) is 14.1. The van der Waals surface area contributed by atoms with Crippen LogP contribution in [-0.4, -0.2) is 40.8 Å². The summed E-state index contributed by atoms with van der Waals surface area (Å²) in [6.45, 7) is 3.03. The van der Waals surface area contributed by atoms with E-state index in [1.54, 1.807) is 6.26 Å². The predicted molar refractivity (Wildman–Crippen MR) is 103 cm³/mol. The molecule has 0 aromatic carbocycles. The summed E-state index contributed by atoms with van der Waals surface area (Å²) in [5.74, 6) is 3.89. The molecule has 26 heavy (non-hydrogen) atoms. The number of H-pyrrole nitrogens is 1. The summed E-state index contributed by atoms with van der Waals surface area (Å²) < 4.78 is 5.31. The van der Waals surface area contributed by atoms with Gasteiger partial charge in [0, 0.05) is 26.1 Å². The molecule has 3 rings (SSSR count). The molecule has 0 atom stereocenters. The second-order valence-electron chi connectivity index (χ2n) is 6.98. The van der Waals surface area contributed by atoms with Crippen molar-refractivity contribution in [3.8, 4) is 11.6 Å². The number of furan rings is 1. The molecular formula is C19H30N6O. The van der Waals surface area contributed by atoms with Crippen molar-refractivity contribution in [1.29, 1.82) is 0 Å². The normalized spacial score (nSPS) is 20.9. The molecule has 1 saturated carbocycles. The van der Waals surface area contributed by atoms with Crippen molar-refractivity contribution in [3.63, 3.8) is 0 Å². The molecule has 0 radical (unpaired) electrons. The maximum Gasteiger partial charge on any atom is 0.216 e. The van der Waals surface area contributed by atoms with Crippen molar-refractivity contribution >= 4 is 5.96 Å². The quantitative estimate of drug-likeness (QED) is 0.522. The molecule has 2 heterocycles. The molecule has 1 fully saturated rings. The molecule has 1 aliphatic rings. The molecule has 0 unspecified atom stereocenters. The van der Waals surface area contributed by atoms with Gasteiger partial charge in [-0.2, -0.15) is 5.10 Å². The molecule has 0 bridgehead atoms. The Morgan fingerprint density at radius 3 is 2.88 bits per heavy atom. The zero-order valence-corrected chi connectivity index (χ0v) is 15.8. The van der Waals surface area contributed by atoms with Crippen molar-refractivity contribution in [2.45, 2.75) is 57.9 Å². The van der Waals surface area contributed by atoms with Crippen LogP contribution >= 0.6 is 0 Å². The topological polar surface area (TPSA) is 91.1 Å². The maximum atomic E-state index is 5.31. The zero-order valence-electron chi connectivity index (χ0n) is 15.8. The van der Waals surface area contributed by atoms with E-state index in [1.165, 1.54) is 38.5 Å². The van der Waals surface area contributed by atoms with E-state index < -0.39 is 0 Å². The third-order valence-electron chi connectivity index (χ3n) is 5.04. The van der Waals surface area contributed by atoms with Gasteiger partial charge in [0.25, 0.3) is 0 Å². The van der Waals surface area contributed by atoms with E-state index >= 15 is 0 Å². The van der Waals surface area contributed by atoms with E-state index in [1.807, 2.05) is 19.2 Å². The first kappa shape index (κ1) is 18.5. The van der Waals surface area contributed by atoms with E-state index in [9.17, 15) is 0 Å². The molecule has 0 spiro atoms. The van der Waals surface area contributed by atoms with Gasteiger partial charge in [-0.3, -0.25) is 10.1 Å². The van der Waals surface area contributed by atoms with Crippen molar-refractivity contribution in [2.75, 3.05) is 13.6 Å². The van der Waals surface area contributed by atoms with Gasteiger partial charge in [0.1, 0.15) is 5.82 Å². The summed E-state index contributed by atoms with van der Waals surface area (Å²) >= 11 is 0. The maximum absolute atomic E-state index is 5.31. The van der Waals surface area contributed by atoms with E-state index in [-0.39, 0.29) is 0 Å². The third-order valence-corrected chi connectivity index (χ3v) is 5.04. The summed E-state index contributed by atoms with van der Waals surface area (Å²) in [6, 6.07) is 4.22. The number of aromatic nitrogens is 3. The van der Waals surface area contributed by atoms with Crippen molar-refractivity contribution < 1.29 is 4.42 Å². The van der Waals surface area contributed by atoms with Crippen LogP contribution in [0.25, 0.3) is 11.6 Å². The highest BCUT2D eigenvalue weighted by Crippen LogP contribution is 2.27. The number of aromatic amines is 1. The van der Waals surface area contributed by atoms with Gasteiger partial charge < -0.3 is 15.1 Å². The van der Waals surface area contributed by atoms with Gasteiger partial charge >= 0.3 is 0 Å². The molecule has 3 N–H and O–H groups in total. The Bertz CT molecular complexity index is 670. The third kappa shape index (κ3) is 5.09. The largest absolute Gasteiger partial charge is 0.461 e. The summed E-state index contributed by atoms with van der Waals surface area (Å²) in [6.07, 6.45) is 10.2. The summed E-state index contributed by atoms with van der Waals surface area (Å²) in [5.41, 5.74) is 0. The Balaban J connectivity index is 1.39. The molecule has 1 aliphatic carbocycles. The SMILES string of the molecule is CCCC1CCC(NC(=NC)NCCc2nc(-c3ccco3)n[nH]2)CC1. The number of rotatable bonds is 7. The fourth-order valence-electron chi connectivity index (χ4n) is 3.61. The lowest BCUT2D eigenvalue weighted by Crippen LogP contribution is -2.45. The van der Waals surface area contributed by atoms with Gasteiger partial charge in [-0.25, -0.2) is 4.98 Å². The molecule has 7 heteroatoms. The number of aliphatic imine (C=N–C) groups is 1. The monoisotopic (exact) mass is 358 g/mol. The lowest BCUT2D eigenvalue weighted by Gasteiger charge is -2.30. The molecule has 2 aromatic heterocycles. The molecule has 0 amide bonds. The average Bonchev–Trinajstić information content (AvgIpc) is 3.34. The van der Waals surface area contributed by atoms with Gasteiger partial charge in [0.15, 0.2) is 11.7 Å². The Labute approximate surface area is 155 Å². The number of nitrogens with zero attached hydrogens (tertiary/aromatic N) is 3. The van der Waals surface area contributed by atoms with Crippen molar-refractivity contribution in [2.24, 2.45) is 10.9 Å². The van der Waals surface area contributed by atoms with Gasteiger partial charge in [-0.05, 0) is 43.7 Å². The summed E-state index contributed by atoms with van der Waals surface area (Å²) in [7, 11) is 1.82. The van der Waals surface area contributed by atoms with E-state index in [0.717, 1.165) is 30.7 Å². The van der Waals surface area contributed by atoms with Gasteiger partial charge in [-0.15, -0.1) is 0 Å². The Kier molecular flexibility index (Phi) is 6.68. The minimum absolute atomic E-state index is 0.533. The van der Waals surface area contributed by atoms with Gasteiger partial charge in [0.2, 0.25) is 5.82 Å². The second kappa shape index (κ2) is 9.40. The zero-order chi connectivity index (χ0) is 18.2. The standard InChI is InChI=1S/C19H30N6O/c1-3-5-14-7-9-15(10-8-14)22-19(20-2)21-12-11-17-23-18(25-24-17)16-6-4-13-26-16/h4,6,13-15H,3,5,7-12H2,1-2H3,(H2,20,21,22)(H,23,24,25).